The van der Waals surface area contributed by atoms with Crippen LogP contribution in [0.4, 0.5) is 0 Å². The molecular weight excluding hydrogens is 464 g/mol. The van der Waals surface area contributed by atoms with E-state index in [0.717, 1.165) is 16.9 Å². The summed E-state index contributed by atoms with van der Waals surface area (Å²) < 4.78 is 13.1. The molecular formula is C27H20N2O5S. The van der Waals surface area contributed by atoms with Crippen molar-refractivity contribution in [1.29, 1.82) is 0 Å². The van der Waals surface area contributed by atoms with Crippen LogP contribution < -0.4 is 21.6 Å². The molecule has 0 spiro atoms. The van der Waals surface area contributed by atoms with Gasteiger partial charge in [0.1, 0.15) is 21.9 Å². The Morgan fingerprint density at radius 3 is 2.71 bits per heavy atom. The fourth-order valence-corrected chi connectivity index (χ4v) is 4.85. The fraction of sp³-hybridized carbons (Fsp3) is 0.148. The highest BCUT2D eigenvalue weighted by Gasteiger charge is 2.15. The molecule has 0 radical (unpaired) electrons. The van der Waals surface area contributed by atoms with Crippen molar-refractivity contribution in [3.8, 4) is 17.6 Å². The zero-order valence-corrected chi connectivity index (χ0v) is 19.8. The number of benzene rings is 2. The molecule has 2 aromatic carbocycles. The number of fused-ring (bicyclic) bond motifs is 2. The first-order valence-electron chi connectivity index (χ1n) is 10.8. The number of hydrogen-bond acceptors (Lipinski definition) is 6. The molecule has 0 bridgehead atoms. The lowest BCUT2D eigenvalue weighted by Gasteiger charge is -2.09. The van der Waals surface area contributed by atoms with Gasteiger partial charge >= 0.3 is 11.3 Å². The first-order chi connectivity index (χ1) is 16.9. The summed E-state index contributed by atoms with van der Waals surface area (Å²) in [6.07, 6.45) is 0.495. The van der Waals surface area contributed by atoms with E-state index in [4.69, 9.17) is 9.15 Å². The normalized spacial score (nSPS) is 10.9. The van der Waals surface area contributed by atoms with Gasteiger partial charge in [0.25, 0.3) is 5.56 Å². The van der Waals surface area contributed by atoms with Crippen molar-refractivity contribution in [3.05, 3.63) is 114 Å². The van der Waals surface area contributed by atoms with Gasteiger partial charge in [-0.2, -0.15) is 0 Å². The molecule has 7 nitrogen and oxygen atoms in total. The maximum Gasteiger partial charge on any atom is 0.337 e. The van der Waals surface area contributed by atoms with E-state index in [2.05, 4.69) is 11.8 Å². The lowest BCUT2D eigenvalue weighted by atomic mass is 10.1. The Morgan fingerprint density at radius 1 is 1.03 bits per heavy atom. The largest absolute Gasteiger partial charge is 0.497 e. The molecule has 0 aliphatic heterocycles. The predicted molar refractivity (Wildman–Crippen MR) is 136 cm³/mol. The topological polar surface area (TPSA) is 82.9 Å². The fourth-order valence-electron chi connectivity index (χ4n) is 3.92. The lowest BCUT2D eigenvalue weighted by molar-refractivity contribution is 0.414. The molecule has 3 aromatic heterocycles. The number of aryl methyl sites for hydroxylation is 1. The van der Waals surface area contributed by atoms with Crippen LogP contribution >= 0.6 is 11.3 Å². The Hall–Kier alpha value is -4.35. The average molecular weight is 485 g/mol. The zero-order valence-electron chi connectivity index (χ0n) is 19.0. The van der Waals surface area contributed by atoms with E-state index in [1.807, 2.05) is 24.3 Å². The molecule has 174 valence electrons. The average Bonchev–Trinajstić information content (AvgIpc) is 3.29. The second-order valence-electron chi connectivity index (χ2n) is 8.02. The van der Waals surface area contributed by atoms with Gasteiger partial charge in [0.05, 0.1) is 13.7 Å². The van der Waals surface area contributed by atoms with Gasteiger partial charge in [-0.3, -0.25) is 9.36 Å². The first kappa shape index (κ1) is 22.4. The highest BCUT2D eigenvalue weighted by Crippen LogP contribution is 2.18. The maximum atomic E-state index is 13.4. The summed E-state index contributed by atoms with van der Waals surface area (Å²) in [4.78, 5) is 38.4. The number of methoxy groups -OCH3 is 1. The van der Waals surface area contributed by atoms with Crippen LogP contribution in [0.15, 0.2) is 78.8 Å². The SMILES string of the molecule is COc1cccc(CC#Cc2csc3c(C)c(=O)n(Cc4ccc5oc(=O)ccc5c4)c(=O)n23)c1. The van der Waals surface area contributed by atoms with Gasteiger partial charge in [0.15, 0.2) is 0 Å². The molecule has 0 aliphatic carbocycles. The van der Waals surface area contributed by atoms with Gasteiger partial charge in [0.2, 0.25) is 0 Å². The molecule has 3 heterocycles. The van der Waals surface area contributed by atoms with Gasteiger partial charge in [0, 0.05) is 28.8 Å². The minimum Gasteiger partial charge on any atom is -0.497 e. The molecule has 5 rings (SSSR count). The molecule has 5 aromatic rings. The van der Waals surface area contributed by atoms with E-state index in [-0.39, 0.29) is 12.1 Å². The van der Waals surface area contributed by atoms with Crippen molar-refractivity contribution in [2.45, 2.75) is 19.9 Å². The summed E-state index contributed by atoms with van der Waals surface area (Å²) in [5.74, 6) is 6.97. The third-order valence-corrected chi connectivity index (χ3v) is 6.76. The quantitative estimate of drug-likeness (QED) is 0.288. The molecule has 0 N–H and O–H groups in total. The van der Waals surface area contributed by atoms with Gasteiger partial charge in [-0.05, 0) is 54.3 Å². The van der Waals surface area contributed by atoms with E-state index < -0.39 is 11.3 Å². The Balaban J connectivity index is 1.53. The van der Waals surface area contributed by atoms with Gasteiger partial charge in [-0.15, -0.1) is 11.3 Å². The van der Waals surface area contributed by atoms with Crippen LogP contribution in [0.3, 0.4) is 0 Å². The molecule has 0 saturated heterocycles. The van der Waals surface area contributed by atoms with Gasteiger partial charge in [-0.25, -0.2) is 14.0 Å². The summed E-state index contributed by atoms with van der Waals surface area (Å²) in [5, 5.41) is 2.51. The van der Waals surface area contributed by atoms with Crippen molar-refractivity contribution in [1.82, 2.24) is 8.97 Å². The Morgan fingerprint density at radius 2 is 1.89 bits per heavy atom. The van der Waals surface area contributed by atoms with E-state index in [1.54, 1.807) is 43.7 Å². The lowest BCUT2D eigenvalue weighted by Crippen LogP contribution is -2.39. The first-order valence-corrected chi connectivity index (χ1v) is 11.7. The van der Waals surface area contributed by atoms with Crippen molar-refractivity contribution < 1.29 is 9.15 Å². The predicted octanol–water partition coefficient (Wildman–Crippen LogP) is 3.59. The van der Waals surface area contributed by atoms with Crippen LogP contribution in [0.2, 0.25) is 0 Å². The number of hydrogen-bond donors (Lipinski definition) is 0. The number of nitrogens with zero attached hydrogens (tertiary/aromatic N) is 2. The number of ether oxygens (including phenoxy) is 1. The molecule has 0 amide bonds. The van der Waals surface area contributed by atoms with Gasteiger partial charge < -0.3 is 9.15 Å². The standard InChI is InChI=1S/C27H20N2O5S/c1-17-25(31)28(15-19-9-11-23-20(13-19)10-12-24(30)34-23)27(32)29-21(16-35-26(17)29)7-3-5-18-6-4-8-22(14-18)33-2/h4,6,8-14,16H,5,15H2,1-2H3. The van der Waals surface area contributed by atoms with Crippen molar-refractivity contribution in [2.75, 3.05) is 7.11 Å². The summed E-state index contributed by atoms with van der Waals surface area (Å²) >= 11 is 1.32. The second-order valence-corrected chi connectivity index (χ2v) is 8.88. The summed E-state index contributed by atoms with van der Waals surface area (Å²) in [6.45, 7) is 1.80. The van der Waals surface area contributed by atoms with E-state index in [0.29, 0.717) is 33.5 Å². The number of aromatic nitrogens is 2. The second kappa shape index (κ2) is 9.12. The minimum absolute atomic E-state index is 0.0863. The molecule has 0 aliphatic rings. The summed E-state index contributed by atoms with van der Waals surface area (Å²) in [6, 6.07) is 15.9. The smallest absolute Gasteiger partial charge is 0.337 e. The van der Waals surface area contributed by atoms with Crippen LogP contribution in [-0.4, -0.2) is 16.1 Å². The molecule has 0 saturated carbocycles. The third kappa shape index (κ3) is 4.29. The van der Waals surface area contributed by atoms with E-state index in [9.17, 15) is 14.4 Å². The van der Waals surface area contributed by atoms with Crippen molar-refractivity contribution >= 4 is 27.1 Å². The molecule has 0 unspecified atom stereocenters. The van der Waals surface area contributed by atoms with Crippen LogP contribution in [-0.2, 0) is 13.0 Å². The van der Waals surface area contributed by atoms with Gasteiger partial charge in [-0.1, -0.05) is 24.1 Å². The monoisotopic (exact) mass is 484 g/mol. The number of rotatable bonds is 4. The van der Waals surface area contributed by atoms with Crippen LogP contribution in [0.5, 0.6) is 5.75 Å². The van der Waals surface area contributed by atoms with Crippen LogP contribution in [0.25, 0.3) is 15.8 Å². The highest BCUT2D eigenvalue weighted by atomic mass is 32.1. The highest BCUT2D eigenvalue weighted by molar-refractivity contribution is 7.15. The summed E-state index contributed by atoms with van der Waals surface area (Å²) in [7, 11) is 1.62. The molecule has 0 atom stereocenters. The number of thiazole rings is 1. The van der Waals surface area contributed by atoms with Crippen LogP contribution in [0, 0.1) is 18.8 Å². The maximum absolute atomic E-state index is 13.4. The molecule has 0 fully saturated rings. The molecule has 35 heavy (non-hydrogen) atoms. The van der Waals surface area contributed by atoms with Crippen LogP contribution in [0.1, 0.15) is 22.4 Å². The van der Waals surface area contributed by atoms with Crippen molar-refractivity contribution in [2.24, 2.45) is 0 Å². The minimum atomic E-state index is -0.442. The van der Waals surface area contributed by atoms with Crippen molar-refractivity contribution in [3.63, 3.8) is 0 Å². The Bertz CT molecular complexity index is 1830. The summed E-state index contributed by atoms with van der Waals surface area (Å²) in [5.41, 5.74) is 2.00. The molecule has 8 heteroatoms. The Labute approximate surface area is 203 Å². The van der Waals surface area contributed by atoms with E-state index in [1.165, 1.54) is 26.4 Å². The van der Waals surface area contributed by atoms with E-state index >= 15 is 0 Å². The Kier molecular flexibility index (Phi) is 5.85. The third-order valence-electron chi connectivity index (χ3n) is 5.70. The zero-order chi connectivity index (χ0) is 24.5.